The first kappa shape index (κ1) is 10.7. The second-order valence-corrected chi connectivity index (χ2v) is 4.05. The Labute approximate surface area is 83.1 Å². The van der Waals surface area contributed by atoms with E-state index in [2.05, 4.69) is 0 Å². The molecule has 1 unspecified atom stereocenters. The van der Waals surface area contributed by atoms with E-state index in [1.54, 1.807) is 20.8 Å². The van der Waals surface area contributed by atoms with Gasteiger partial charge in [-0.05, 0) is 26.8 Å². The van der Waals surface area contributed by atoms with E-state index in [-0.39, 0.29) is 5.76 Å². The van der Waals surface area contributed by atoms with Crippen LogP contribution in [0.5, 0.6) is 0 Å². The number of aldehydes is 2. The van der Waals surface area contributed by atoms with Crippen molar-refractivity contribution in [1.82, 2.24) is 0 Å². The minimum atomic E-state index is -0.675. The van der Waals surface area contributed by atoms with Gasteiger partial charge in [-0.25, -0.2) is 0 Å². The van der Waals surface area contributed by atoms with Crippen molar-refractivity contribution >= 4 is 12.6 Å². The van der Waals surface area contributed by atoms with E-state index in [4.69, 9.17) is 0 Å². The highest BCUT2D eigenvalue weighted by atomic mass is 16.3. The van der Waals surface area contributed by atoms with Crippen molar-refractivity contribution in [3.8, 4) is 0 Å². The van der Waals surface area contributed by atoms with Crippen molar-refractivity contribution in [3.63, 3.8) is 0 Å². The summed E-state index contributed by atoms with van der Waals surface area (Å²) in [6, 6.07) is 0. The van der Waals surface area contributed by atoms with Crippen molar-refractivity contribution in [2.24, 2.45) is 11.3 Å². The summed E-state index contributed by atoms with van der Waals surface area (Å²) in [7, 11) is 0. The summed E-state index contributed by atoms with van der Waals surface area (Å²) in [5, 5.41) is 9.67. The molecular formula is C11H14O3. The fourth-order valence-electron chi connectivity index (χ4n) is 1.70. The zero-order valence-corrected chi connectivity index (χ0v) is 8.57. The lowest BCUT2D eigenvalue weighted by Crippen LogP contribution is -2.27. The monoisotopic (exact) mass is 194 g/mol. The van der Waals surface area contributed by atoms with Gasteiger partial charge >= 0.3 is 0 Å². The molecule has 0 heterocycles. The minimum Gasteiger partial charge on any atom is -0.512 e. The van der Waals surface area contributed by atoms with Gasteiger partial charge in [0.25, 0.3) is 0 Å². The first-order chi connectivity index (χ1) is 6.45. The Morgan fingerprint density at radius 2 is 2.00 bits per heavy atom. The molecule has 0 spiro atoms. The SMILES string of the molecule is CC1=C(C=O)C(C)(C)C(O)=CC1C=O. The molecule has 1 aliphatic rings. The van der Waals surface area contributed by atoms with Crippen LogP contribution in [0.3, 0.4) is 0 Å². The van der Waals surface area contributed by atoms with E-state index in [1.807, 2.05) is 0 Å². The van der Waals surface area contributed by atoms with Crippen molar-refractivity contribution in [1.29, 1.82) is 0 Å². The van der Waals surface area contributed by atoms with E-state index in [0.717, 1.165) is 18.1 Å². The van der Waals surface area contributed by atoms with Crippen molar-refractivity contribution in [3.05, 3.63) is 23.0 Å². The number of carbonyl (C=O) groups is 2. The molecule has 0 bridgehead atoms. The largest absolute Gasteiger partial charge is 0.512 e. The number of rotatable bonds is 2. The Balaban J connectivity index is 3.31. The Hall–Kier alpha value is -1.38. The molecule has 0 radical (unpaired) electrons. The molecule has 0 fully saturated rings. The molecule has 1 rings (SSSR count). The van der Waals surface area contributed by atoms with Gasteiger partial charge in [-0.15, -0.1) is 0 Å². The Bertz CT molecular complexity index is 334. The molecule has 14 heavy (non-hydrogen) atoms. The molecular weight excluding hydrogens is 180 g/mol. The van der Waals surface area contributed by atoms with E-state index >= 15 is 0 Å². The van der Waals surface area contributed by atoms with Crippen LogP contribution < -0.4 is 0 Å². The van der Waals surface area contributed by atoms with Crippen LogP contribution in [0.25, 0.3) is 0 Å². The number of aliphatic hydroxyl groups excluding tert-OH is 1. The molecule has 76 valence electrons. The number of carbonyl (C=O) groups excluding carboxylic acids is 2. The second-order valence-electron chi connectivity index (χ2n) is 4.05. The smallest absolute Gasteiger partial charge is 0.147 e. The van der Waals surface area contributed by atoms with Gasteiger partial charge in [0.2, 0.25) is 0 Å². The summed E-state index contributed by atoms with van der Waals surface area (Å²) in [5.74, 6) is -0.384. The van der Waals surface area contributed by atoms with Crippen molar-refractivity contribution in [2.45, 2.75) is 20.8 Å². The summed E-state index contributed by atoms with van der Waals surface area (Å²) in [4.78, 5) is 21.6. The topological polar surface area (TPSA) is 54.4 Å². The predicted octanol–water partition coefficient (Wildman–Crippen LogP) is 1.80. The van der Waals surface area contributed by atoms with Crippen LogP contribution >= 0.6 is 0 Å². The maximum Gasteiger partial charge on any atom is 0.147 e. The van der Waals surface area contributed by atoms with Crippen LogP contribution in [0.15, 0.2) is 23.0 Å². The van der Waals surface area contributed by atoms with Gasteiger partial charge in [0.05, 0.1) is 11.7 Å². The van der Waals surface area contributed by atoms with Crippen LogP contribution in [-0.4, -0.2) is 17.7 Å². The van der Waals surface area contributed by atoms with Gasteiger partial charge in [0.1, 0.15) is 12.6 Å². The van der Waals surface area contributed by atoms with Crippen LogP contribution in [0.2, 0.25) is 0 Å². The van der Waals surface area contributed by atoms with Crippen molar-refractivity contribution in [2.75, 3.05) is 0 Å². The lowest BCUT2D eigenvalue weighted by Gasteiger charge is -2.31. The van der Waals surface area contributed by atoms with Gasteiger partial charge < -0.3 is 9.90 Å². The van der Waals surface area contributed by atoms with Crippen LogP contribution in [0.4, 0.5) is 0 Å². The highest BCUT2D eigenvalue weighted by Crippen LogP contribution is 2.40. The van der Waals surface area contributed by atoms with E-state index in [1.165, 1.54) is 6.08 Å². The third kappa shape index (κ3) is 1.39. The number of hydrogen-bond donors (Lipinski definition) is 1. The minimum absolute atomic E-state index is 0.0855. The fraction of sp³-hybridized carbons (Fsp3) is 0.455. The third-order valence-electron chi connectivity index (χ3n) is 2.84. The Morgan fingerprint density at radius 1 is 1.43 bits per heavy atom. The van der Waals surface area contributed by atoms with E-state index in [9.17, 15) is 14.7 Å². The highest BCUT2D eigenvalue weighted by Gasteiger charge is 2.35. The second kappa shape index (κ2) is 3.40. The van der Waals surface area contributed by atoms with Crippen LogP contribution in [0, 0.1) is 11.3 Å². The molecule has 1 aliphatic carbocycles. The quantitative estimate of drug-likeness (QED) is 0.682. The highest BCUT2D eigenvalue weighted by molar-refractivity contribution is 5.81. The molecule has 1 N–H and O–H groups in total. The molecule has 0 aliphatic heterocycles. The van der Waals surface area contributed by atoms with Crippen molar-refractivity contribution < 1.29 is 14.7 Å². The zero-order chi connectivity index (χ0) is 10.9. The molecule has 0 aromatic rings. The van der Waals surface area contributed by atoms with Crippen LogP contribution in [0.1, 0.15) is 20.8 Å². The standard InChI is InChI=1S/C11H14O3/c1-7-8(5-12)4-10(14)11(2,3)9(7)6-13/h4-6,8,14H,1-3H3. The Morgan fingerprint density at radius 3 is 2.43 bits per heavy atom. The fourth-order valence-corrected chi connectivity index (χ4v) is 1.70. The molecule has 0 aromatic carbocycles. The Kier molecular flexibility index (Phi) is 2.60. The van der Waals surface area contributed by atoms with E-state index in [0.29, 0.717) is 5.57 Å². The van der Waals surface area contributed by atoms with Gasteiger partial charge in [-0.2, -0.15) is 0 Å². The molecule has 0 saturated carbocycles. The molecule has 3 heteroatoms. The summed E-state index contributed by atoms with van der Waals surface area (Å²) in [5.41, 5.74) is 0.540. The summed E-state index contributed by atoms with van der Waals surface area (Å²) in [6.45, 7) is 5.26. The molecule has 0 amide bonds. The maximum absolute atomic E-state index is 10.9. The molecule has 0 aromatic heterocycles. The molecule has 0 saturated heterocycles. The number of hydrogen-bond acceptors (Lipinski definition) is 3. The predicted molar refractivity (Wildman–Crippen MR) is 52.8 cm³/mol. The molecule has 1 atom stereocenters. The van der Waals surface area contributed by atoms with Gasteiger partial charge in [0.15, 0.2) is 0 Å². The number of aliphatic hydroxyl groups is 1. The summed E-state index contributed by atoms with van der Waals surface area (Å²) in [6.07, 6.45) is 2.94. The normalized spacial score (nSPS) is 25.6. The lowest BCUT2D eigenvalue weighted by atomic mass is 9.73. The first-order valence-corrected chi connectivity index (χ1v) is 4.48. The average molecular weight is 194 g/mol. The van der Waals surface area contributed by atoms with Gasteiger partial charge in [-0.3, -0.25) is 4.79 Å². The summed E-state index contributed by atoms with van der Waals surface area (Å²) < 4.78 is 0. The zero-order valence-electron chi connectivity index (χ0n) is 8.57. The average Bonchev–Trinajstić information content (AvgIpc) is 2.12. The van der Waals surface area contributed by atoms with Crippen LogP contribution in [-0.2, 0) is 9.59 Å². The first-order valence-electron chi connectivity index (χ1n) is 4.48. The van der Waals surface area contributed by atoms with Gasteiger partial charge in [-0.1, -0.05) is 5.57 Å². The maximum atomic E-state index is 10.9. The van der Waals surface area contributed by atoms with Gasteiger partial charge in [0, 0.05) is 11.0 Å². The summed E-state index contributed by atoms with van der Waals surface area (Å²) >= 11 is 0. The molecule has 3 nitrogen and oxygen atoms in total. The lowest BCUT2D eigenvalue weighted by molar-refractivity contribution is -0.109. The number of allylic oxidation sites excluding steroid dienone is 3. The third-order valence-corrected chi connectivity index (χ3v) is 2.84. The van der Waals surface area contributed by atoms with E-state index < -0.39 is 11.3 Å².